The van der Waals surface area contributed by atoms with Gasteiger partial charge < -0.3 is 0 Å². The van der Waals surface area contributed by atoms with Gasteiger partial charge in [-0.2, -0.15) is 5.10 Å². The molecule has 18 heavy (non-hydrogen) atoms. The van der Waals surface area contributed by atoms with Crippen molar-refractivity contribution in [3.63, 3.8) is 0 Å². The normalized spacial score (nSPS) is 15.3. The first-order chi connectivity index (χ1) is 8.66. The van der Waals surface area contributed by atoms with Crippen LogP contribution in [0.3, 0.4) is 0 Å². The Morgan fingerprint density at radius 1 is 1.28 bits per heavy atom. The molecule has 0 amide bonds. The fraction of sp³-hybridized carbons (Fsp3) is 0.467. The Labute approximate surface area is 108 Å². The highest BCUT2D eigenvalue weighted by molar-refractivity contribution is 5.63. The summed E-state index contributed by atoms with van der Waals surface area (Å²) in [5.41, 5.74) is 4.71. The Hall–Kier alpha value is -1.64. The predicted molar refractivity (Wildman–Crippen MR) is 72.6 cm³/mol. The molecular formula is C15H19N3. The quantitative estimate of drug-likeness (QED) is 0.820. The van der Waals surface area contributed by atoms with E-state index in [4.69, 9.17) is 5.10 Å². The fourth-order valence-electron chi connectivity index (χ4n) is 2.28. The molecule has 2 aromatic heterocycles. The molecule has 3 rings (SSSR count). The summed E-state index contributed by atoms with van der Waals surface area (Å²) < 4.78 is 2.07. The Bertz CT molecular complexity index is 565. The molecule has 2 heterocycles. The Balaban J connectivity index is 2.13. The monoisotopic (exact) mass is 241 g/mol. The summed E-state index contributed by atoms with van der Waals surface area (Å²) in [7, 11) is 0. The van der Waals surface area contributed by atoms with Crippen molar-refractivity contribution >= 4 is 0 Å². The molecule has 0 N–H and O–H groups in total. The van der Waals surface area contributed by atoms with Gasteiger partial charge in [-0.3, -0.25) is 9.67 Å². The lowest BCUT2D eigenvalue weighted by Crippen LogP contribution is -2.01. The van der Waals surface area contributed by atoms with Crippen molar-refractivity contribution in [2.75, 3.05) is 0 Å². The second kappa shape index (κ2) is 4.23. The van der Waals surface area contributed by atoms with Crippen molar-refractivity contribution < 1.29 is 0 Å². The molecule has 3 nitrogen and oxygen atoms in total. The molecule has 1 aliphatic carbocycles. The number of hydrogen-bond donors (Lipinski definition) is 0. The third-order valence-electron chi connectivity index (χ3n) is 3.54. The molecule has 0 spiro atoms. The Morgan fingerprint density at radius 2 is 2.06 bits per heavy atom. The van der Waals surface area contributed by atoms with E-state index in [9.17, 15) is 0 Å². The van der Waals surface area contributed by atoms with Crippen LogP contribution in [0.5, 0.6) is 0 Å². The van der Waals surface area contributed by atoms with Gasteiger partial charge in [0.2, 0.25) is 0 Å². The minimum absolute atomic E-state index is 0.403. The number of aromatic nitrogens is 3. The first kappa shape index (κ1) is 11.5. The van der Waals surface area contributed by atoms with Crippen LogP contribution in [0, 0.1) is 6.92 Å². The van der Waals surface area contributed by atoms with E-state index < -0.39 is 0 Å². The summed E-state index contributed by atoms with van der Waals surface area (Å²) in [6.45, 7) is 6.44. The lowest BCUT2D eigenvalue weighted by molar-refractivity contribution is 0.533. The molecule has 0 saturated heterocycles. The number of hydrogen-bond acceptors (Lipinski definition) is 2. The van der Waals surface area contributed by atoms with Crippen LogP contribution in [-0.4, -0.2) is 14.8 Å². The van der Waals surface area contributed by atoms with E-state index in [2.05, 4.69) is 42.7 Å². The standard InChI is InChI=1S/C15H19N3/c1-10(2)18-9-13(12-6-7-12)15(17-18)14-11(3)5-4-8-16-14/h4-5,8-10,12H,6-7H2,1-3H3. The van der Waals surface area contributed by atoms with Gasteiger partial charge in [0, 0.05) is 24.0 Å². The van der Waals surface area contributed by atoms with Gasteiger partial charge in [-0.1, -0.05) is 6.07 Å². The number of rotatable bonds is 3. The van der Waals surface area contributed by atoms with E-state index in [-0.39, 0.29) is 0 Å². The molecule has 1 saturated carbocycles. The molecule has 2 aromatic rings. The minimum Gasteiger partial charge on any atom is -0.269 e. The van der Waals surface area contributed by atoms with Crippen LogP contribution in [0.25, 0.3) is 11.4 Å². The number of aryl methyl sites for hydroxylation is 1. The van der Waals surface area contributed by atoms with Crippen molar-refractivity contribution in [2.45, 2.75) is 45.6 Å². The van der Waals surface area contributed by atoms with Gasteiger partial charge in [-0.15, -0.1) is 0 Å². The molecule has 0 radical (unpaired) electrons. The van der Waals surface area contributed by atoms with Crippen molar-refractivity contribution in [3.05, 3.63) is 35.7 Å². The van der Waals surface area contributed by atoms with Gasteiger partial charge in [0.15, 0.2) is 0 Å². The van der Waals surface area contributed by atoms with Crippen molar-refractivity contribution in [2.24, 2.45) is 0 Å². The Morgan fingerprint density at radius 3 is 2.67 bits per heavy atom. The van der Waals surface area contributed by atoms with E-state index in [1.54, 1.807) is 0 Å². The molecule has 0 aromatic carbocycles. The molecule has 3 heteroatoms. The first-order valence-electron chi connectivity index (χ1n) is 6.68. The van der Waals surface area contributed by atoms with Crippen molar-refractivity contribution in [3.8, 4) is 11.4 Å². The SMILES string of the molecule is Cc1cccnc1-c1nn(C(C)C)cc1C1CC1. The van der Waals surface area contributed by atoms with Gasteiger partial charge in [-0.05, 0) is 51.2 Å². The molecule has 0 aliphatic heterocycles. The number of nitrogens with zero attached hydrogens (tertiary/aromatic N) is 3. The Kier molecular flexibility index (Phi) is 2.69. The summed E-state index contributed by atoms with van der Waals surface area (Å²) in [6.07, 6.45) is 6.66. The van der Waals surface area contributed by atoms with Crippen molar-refractivity contribution in [1.29, 1.82) is 0 Å². The summed E-state index contributed by atoms with van der Waals surface area (Å²) in [5, 5.41) is 4.76. The second-order valence-corrected chi connectivity index (χ2v) is 5.45. The average Bonchev–Trinajstić information content (AvgIpc) is 3.09. The summed E-state index contributed by atoms with van der Waals surface area (Å²) in [5.74, 6) is 0.703. The highest BCUT2D eigenvalue weighted by Gasteiger charge is 2.30. The van der Waals surface area contributed by atoms with Gasteiger partial charge in [-0.25, -0.2) is 0 Å². The van der Waals surface area contributed by atoms with Crippen LogP contribution >= 0.6 is 0 Å². The van der Waals surface area contributed by atoms with Crippen LogP contribution in [0.1, 0.15) is 49.8 Å². The van der Waals surface area contributed by atoms with E-state index in [1.165, 1.54) is 24.0 Å². The van der Waals surface area contributed by atoms with Crippen LogP contribution in [0.15, 0.2) is 24.5 Å². The van der Waals surface area contributed by atoms with Gasteiger partial charge in [0.25, 0.3) is 0 Å². The lowest BCUT2D eigenvalue weighted by Gasteiger charge is -2.04. The second-order valence-electron chi connectivity index (χ2n) is 5.45. The number of pyridine rings is 1. The summed E-state index contributed by atoms with van der Waals surface area (Å²) in [6, 6.07) is 4.49. The smallest absolute Gasteiger partial charge is 0.114 e. The van der Waals surface area contributed by atoms with Crippen LogP contribution in [0.4, 0.5) is 0 Å². The zero-order valence-corrected chi connectivity index (χ0v) is 11.2. The maximum absolute atomic E-state index is 4.76. The molecule has 0 bridgehead atoms. The molecule has 1 aliphatic rings. The van der Waals surface area contributed by atoms with E-state index in [0.29, 0.717) is 12.0 Å². The predicted octanol–water partition coefficient (Wildman–Crippen LogP) is 3.71. The largest absolute Gasteiger partial charge is 0.269 e. The average molecular weight is 241 g/mol. The van der Waals surface area contributed by atoms with E-state index in [0.717, 1.165) is 11.4 Å². The summed E-state index contributed by atoms with van der Waals surface area (Å²) in [4.78, 5) is 4.52. The maximum Gasteiger partial charge on any atom is 0.114 e. The van der Waals surface area contributed by atoms with Crippen LogP contribution < -0.4 is 0 Å². The third-order valence-corrected chi connectivity index (χ3v) is 3.54. The zero-order valence-electron chi connectivity index (χ0n) is 11.2. The third kappa shape index (κ3) is 1.94. The van der Waals surface area contributed by atoms with Crippen LogP contribution in [0.2, 0.25) is 0 Å². The highest BCUT2D eigenvalue weighted by Crippen LogP contribution is 2.44. The first-order valence-corrected chi connectivity index (χ1v) is 6.68. The highest BCUT2D eigenvalue weighted by atomic mass is 15.3. The molecular weight excluding hydrogens is 222 g/mol. The van der Waals surface area contributed by atoms with E-state index in [1.807, 2.05) is 12.3 Å². The topological polar surface area (TPSA) is 30.7 Å². The fourth-order valence-corrected chi connectivity index (χ4v) is 2.28. The molecule has 0 unspecified atom stereocenters. The van der Waals surface area contributed by atoms with Crippen molar-refractivity contribution in [1.82, 2.24) is 14.8 Å². The lowest BCUT2D eigenvalue weighted by atomic mass is 10.1. The van der Waals surface area contributed by atoms with Crippen LogP contribution in [-0.2, 0) is 0 Å². The van der Waals surface area contributed by atoms with Gasteiger partial charge in [0.05, 0.1) is 5.69 Å². The molecule has 1 fully saturated rings. The minimum atomic E-state index is 0.403. The molecule has 0 atom stereocenters. The van der Waals surface area contributed by atoms with Gasteiger partial charge >= 0.3 is 0 Å². The maximum atomic E-state index is 4.76. The van der Waals surface area contributed by atoms with Gasteiger partial charge in [0.1, 0.15) is 5.69 Å². The zero-order chi connectivity index (χ0) is 12.7. The van der Waals surface area contributed by atoms with E-state index >= 15 is 0 Å². The molecule has 94 valence electrons. The summed E-state index contributed by atoms with van der Waals surface area (Å²) >= 11 is 0.